The molecular weight excluding hydrogens is 434 g/mol. The molecular formula is C27H23NO4S. The van der Waals surface area contributed by atoms with Crippen molar-refractivity contribution in [2.24, 2.45) is 0 Å². The zero-order valence-corrected chi connectivity index (χ0v) is 19.1. The van der Waals surface area contributed by atoms with Crippen LogP contribution in [0.2, 0.25) is 0 Å². The van der Waals surface area contributed by atoms with Crippen LogP contribution < -0.4 is 10.1 Å². The van der Waals surface area contributed by atoms with Crippen molar-refractivity contribution < 1.29 is 19.1 Å². The fourth-order valence-corrected chi connectivity index (χ4v) is 4.72. The first-order chi connectivity index (χ1) is 16.1. The lowest BCUT2D eigenvalue weighted by Gasteiger charge is -2.12. The van der Waals surface area contributed by atoms with E-state index in [4.69, 9.17) is 9.47 Å². The highest BCUT2D eigenvalue weighted by Crippen LogP contribution is 2.40. The predicted octanol–water partition coefficient (Wildman–Crippen LogP) is 6.19. The molecule has 0 bridgehead atoms. The molecule has 166 valence electrons. The molecule has 0 unspecified atom stereocenters. The Morgan fingerprint density at radius 3 is 2.12 bits per heavy atom. The molecule has 3 aromatic carbocycles. The molecule has 1 heterocycles. The maximum absolute atomic E-state index is 12.8. The lowest BCUT2D eigenvalue weighted by atomic mass is 10.0. The summed E-state index contributed by atoms with van der Waals surface area (Å²) in [6.45, 7) is 1.73. The van der Waals surface area contributed by atoms with Crippen molar-refractivity contribution in [3.05, 3.63) is 95.4 Å². The molecule has 4 rings (SSSR count). The van der Waals surface area contributed by atoms with E-state index in [0.29, 0.717) is 16.3 Å². The molecule has 6 heteroatoms. The first kappa shape index (κ1) is 22.3. The van der Waals surface area contributed by atoms with Gasteiger partial charge < -0.3 is 14.8 Å². The third-order valence-corrected chi connectivity index (χ3v) is 6.14. The van der Waals surface area contributed by atoms with Crippen LogP contribution in [0.3, 0.4) is 0 Å². The minimum absolute atomic E-state index is 0.192. The number of para-hydroxylation sites is 1. The number of carbonyl (C=O) groups excluding carboxylic acids is 2. The summed E-state index contributed by atoms with van der Waals surface area (Å²) < 4.78 is 10.9. The summed E-state index contributed by atoms with van der Waals surface area (Å²) >= 11 is 1.34. The number of thiophene rings is 1. The van der Waals surface area contributed by atoms with E-state index in [1.807, 2.05) is 91.9 Å². The van der Waals surface area contributed by atoms with E-state index >= 15 is 0 Å². The molecule has 0 saturated carbocycles. The van der Waals surface area contributed by atoms with Crippen LogP contribution in [-0.4, -0.2) is 25.6 Å². The van der Waals surface area contributed by atoms with Gasteiger partial charge in [0.1, 0.15) is 16.3 Å². The van der Waals surface area contributed by atoms with Gasteiger partial charge >= 0.3 is 5.97 Å². The molecule has 0 aliphatic rings. The Kier molecular flexibility index (Phi) is 6.86. The Hall–Kier alpha value is -3.90. The minimum Gasteiger partial charge on any atom is -0.483 e. The number of nitrogens with one attached hydrogen (secondary N) is 1. The van der Waals surface area contributed by atoms with Gasteiger partial charge in [-0.15, -0.1) is 11.3 Å². The Morgan fingerprint density at radius 1 is 0.848 bits per heavy atom. The zero-order chi connectivity index (χ0) is 23.2. The second-order valence-corrected chi connectivity index (χ2v) is 8.52. The molecule has 4 aromatic rings. The maximum Gasteiger partial charge on any atom is 0.341 e. The third kappa shape index (κ3) is 4.96. The third-order valence-electron chi connectivity index (χ3n) is 5.12. The number of aryl methyl sites for hydroxylation is 1. The fraction of sp³-hybridized carbons (Fsp3) is 0.111. The smallest absolute Gasteiger partial charge is 0.341 e. The normalized spacial score (nSPS) is 10.5. The highest BCUT2D eigenvalue weighted by Gasteiger charge is 2.25. The maximum atomic E-state index is 12.8. The van der Waals surface area contributed by atoms with E-state index in [-0.39, 0.29) is 12.5 Å². The summed E-state index contributed by atoms with van der Waals surface area (Å²) in [5.74, 6) is -0.243. The van der Waals surface area contributed by atoms with Gasteiger partial charge in [-0.1, -0.05) is 78.9 Å². The summed E-state index contributed by atoms with van der Waals surface area (Å²) in [5, 5.41) is 3.29. The number of anilines is 1. The van der Waals surface area contributed by atoms with Crippen LogP contribution >= 0.6 is 11.3 Å². The predicted molar refractivity (Wildman–Crippen MR) is 132 cm³/mol. The van der Waals surface area contributed by atoms with Gasteiger partial charge in [-0.05, 0) is 24.1 Å². The topological polar surface area (TPSA) is 64.6 Å². The molecule has 0 atom stereocenters. The number of hydrogen-bond donors (Lipinski definition) is 1. The largest absolute Gasteiger partial charge is 0.483 e. The molecule has 0 spiro atoms. The number of esters is 1. The van der Waals surface area contributed by atoms with Crippen molar-refractivity contribution in [3.8, 4) is 28.0 Å². The highest BCUT2D eigenvalue weighted by atomic mass is 32.1. The van der Waals surface area contributed by atoms with E-state index in [1.165, 1.54) is 18.4 Å². The molecule has 0 fully saturated rings. The van der Waals surface area contributed by atoms with Crippen molar-refractivity contribution in [2.75, 3.05) is 19.0 Å². The summed E-state index contributed by atoms with van der Waals surface area (Å²) in [6, 6.07) is 27.0. The van der Waals surface area contributed by atoms with Gasteiger partial charge in [-0.2, -0.15) is 0 Å². The second-order valence-electron chi connectivity index (χ2n) is 7.29. The van der Waals surface area contributed by atoms with Crippen LogP contribution in [0.4, 0.5) is 5.00 Å². The number of rotatable bonds is 7. The first-order valence-corrected chi connectivity index (χ1v) is 11.2. The fourth-order valence-electron chi connectivity index (χ4n) is 3.64. The van der Waals surface area contributed by atoms with Gasteiger partial charge in [0, 0.05) is 16.0 Å². The summed E-state index contributed by atoms with van der Waals surface area (Å²) in [4.78, 5) is 26.3. The van der Waals surface area contributed by atoms with Crippen LogP contribution in [0.25, 0.3) is 22.3 Å². The summed E-state index contributed by atoms with van der Waals surface area (Å²) in [6.07, 6.45) is 0. The van der Waals surface area contributed by atoms with Gasteiger partial charge in [0.05, 0.1) is 7.11 Å². The second kappa shape index (κ2) is 10.1. The van der Waals surface area contributed by atoms with Crippen LogP contribution in [0.5, 0.6) is 5.75 Å². The number of benzene rings is 3. The van der Waals surface area contributed by atoms with Gasteiger partial charge in [0.25, 0.3) is 5.91 Å². The van der Waals surface area contributed by atoms with Crippen molar-refractivity contribution in [1.82, 2.24) is 0 Å². The summed E-state index contributed by atoms with van der Waals surface area (Å²) in [7, 11) is 1.33. The quantitative estimate of drug-likeness (QED) is 0.336. The number of ether oxygens (including phenoxy) is 2. The van der Waals surface area contributed by atoms with Crippen molar-refractivity contribution in [1.29, 1.82) is 0 Å². The molecule has 0 aliphatic heterocycles. The van der Waals surface area contributed by atoms with Crippen LogP contribution in [-0.2, 0) is 9.53 Å². The Morgan fingerprint density at radius 2 is 1.45 bits per heavy atom. The highest BCUT2D eigenvalue weighted by molar-refractivity contribution is 7.17. The van der Waals surface area contributed by atoms with E-state index in [9.17, 15) is 9.59 Å². The van der Waals surface area contributed by atoms with Gasteiger partial charge in [0.15, 0.2) is 6.61 Å². The lowest BCUT2D eigenvalue weighted by Crippen LogP contribution is -2.21. The average Bonchev–Trinajstić information content (AvgIpc) is 3.18. The average molecular weight is 458 g/mol. The Balaban J connectivity index is 1.55. The minimum atomic E-state index is -0.496. The summed E-state index contributed by atoms with van der Waals surface area (Å²) in [5.41, 5.74) is 3.91. The van der Waals surface area contributed by atoms with Crippen molar-refractivity contribution >= 4 is 28.2 Å². The number of hydrogen-bond acceptors (Lipinski definition) is 5. The zero-order valence-electron chi connectivity index (χ0n) is 18.3. The first-order valence-electron chi connectivity index (χ1n) is 10.4. The molecule has 5 nitrogen and oxygen atoms in total. The molecule has 1 amide bonds. The Labute approximate surface area is 196 Å². The molecule has 1 aromatic heterocycles. The van der Waals surface area contributed by atoms with Crippen molar-refractivity contribution in [3.63, 3.8) is 0 Å². The Bertz CT molecular complexity index is 1270. The van der Waals surface area contributed by atoms with E-state index in [2.05, 4.69) is 5.32 Å². The number of methoxy groups -OCH3 is 1. The molecule has 33 heavy (non-hydrogen) atoms. The van der Waals surface area contributed by atoms with Crippen LogP contribution in [0.15, 0.2) is 84.9 Å². The van der Waals surface area contributed by atoms with E-state index < -0.39 is 5.97 Å². The van der Waals surface area contributed by atoms with Crippen LogP contribution in [0.1, 0.15) is 15.2 Å². The number of amides is 1. The van der Waals surface area contributed by atoms with Gasteiger partial charge in [0.2, 0.25) is 0 Å². The van der Waals surface area contributed by atoms with Gasteiger partial charge in [-0.25, -0.2) is 4.79 Å². The number of carbonyl (C=O) groups is 2. The SMILES string of the molecule is COC(=O)c1c(NC(=O)COc2ccccc2-c2ccccc2)sc(C)c1-c1ccccc1. The lowest BCUT2D eigenvalue weighted by molar-refractivity contribution is -0.118. The van der Waals surface area contributed by atoms with E-state index in [1.54, 1.807) is 0 Å². The van der Waals surface area contributed by atoms with Gasteiger partial charge in [-0.3, -0.25) is 4.79 Å². The molecule has 1 N–H and O–H groups in total. The monoisotopic (exact) mass is 457 g/mol. The molecule has 0 aliphatic carbocycles. The standard InChI is InChI=1S/C27H23NO4S/c1-18-24(20-13-7-4-8-14-20)25(27(30)31-2)26(33-18)28-23(29)17-32-22-16-10-9-15-21(22)19-11-5-3-6-12-19/h3-16H,17H2,1-2H3,(H,28,29). The van der Waals surface area contributed by atoms with Crippen LogP contribution in [0, 0.1) is 6.92 Å². The van der Waals surface area contributed by atoms with E-state index in [0.717, 1.165) is 27.1 Å². The molecule has 0 radical (unpaired) electrons. The van der Waals surface area contributed by atoms with Crippen molar-refractivity contribution in [2.45, 2.75) is 6.92 Å². The molecule has 0 saturated heterocycles.